The number of nitrogens with zero attached hydrogens (tertiary/aromatic N) is 2. The molecule has 1 fully saturated rings. The molecule has 4 nitrogen and oxygen atoms in total. The second kappa shape index (κ2) is 7.34. The molecule has 0 saturated carbocycles. The number of pyridine rings is 1. The van der Waals surface area contributed by atoms with E-state index in [1.54, 1.807) is 0 Å². The van der Waals surface area contributed by atoms with E-state index in [1.807, 2.05) is 25.1 Å². The van der Waals surface area contributed by atoms with Gasteiger partial charge in [-0.1, -0.05) is 13.0 Å². The van der Waals surface area contributed by atoms with E-state index in [2.05, 4.69) is 22.1 Å². The Bertz CT molecular complexity index is 375. The summed E-state index contributed by atoms with van der Waals surface area (Å²) in [6, 6.07) is 5.89. The maximum Gasteiger partial charge on any atom is 0.215 e. The van der Waals surface area contributed by atoms with Gasteiger partial charge in [-0.25, -0.2) is 0 Å². The van der Waals surface area contributed by atoms with Gasteiger partial charge in [0.1, 0.15) is 5.82 Å². The largest absolute Gasteiger partial charge is 0.478 e. The Morgan fingerprint density at radius 2 is 2.11 bits per heavy atom. The third kappa shape index (κ3) is 4.39. The third-order valence-electron chi connectivity index (χ3n) is 3.74. The Morgan fingerprint density at radius 3 is 2.79 bits per heavy atom. The minimum atomic E-state index is 0.659. The molecular formula is C15H25N3O. The van der Waals surface area contributed by atoms with Gasteiger partial charge in [-0.3, -0.25) is 0 Å². The van der Waals surface area contributed by atoms with Crippen molar-refractivity contribution in [1.29, 1.82) is 0 Å². The van der Waals surface area contributed by atoms with Crippen LogP contribution in [0.15, 0.2) is 18.2 Å². The molecule has 1 aromatic rings. The minimum absolute atomic E-state index is 0.659. The fourth-order valence-electron chi connectivity index (χ4n) is 2.50. The monoisotopic (exact) mass is 263 g/mol. The van der Waals surface area contributed by atoms with E-state index in [4.69, 9.17) is 4.74 Å². The Kier molecular flexibility index (Phi) is 5.45. The molecule has 0 aromatic carbocycles. The Hall–Kier alpha value is -1.29. The van der Waals surface area contributed by atoms with Crippen LogP contribution in [0.3, 0.4) is 0 Å². The van der Waals surface area contributed by atoms with Gasteiger partial charge in [0.15, 0.2) is 0 Å². The van der Waals surface area contributed by atoms with E-state index >= 15 is 0 Å². The lowest BCUT2D eigenvalue weighted by Crippen LogP contribution is -2.35. The summed E-state index contributed by atoms with van der Waals surface area (Å²) in [5.74, 6) is 2.39. The smallest absolute Gasteiger partial charge is 0.215 e. The molecule has 2 heterocycles. The van der Waals surface area contributed by atoms with Gasteiger partial charge in [-0.2, -0.15) is 4.98 Å². The topological polar surface area (TPSA) is 37.4 Å². The normalized spacial score (nSPS) is 17.4. The molecule has 1 aliphatic rings. The second-order valence-corrected chi connectivity index (χ2v) is 5.05. The molecule has 0 unspecified atom stereocenters. The van der Waals surface area contributed by atoms with Crippen LogP contribution in [-0.4, -0.2) is 42.7 Å². The number of hydrogen-bond acceptors (Lipinski definition) is 4. The van der Waals surface area contributed by atoms with Crippen molar-refractivity contribution in [3.05, 3.63) is 18.2 Å². The summed E-state index contributed by atoms with van der Waals surface area (Å²) in [4.78, 5) is 6.95. The van der Waals surface area contributed by atoms with Crippen LogP contribution in [0.5, 0.6) is 5.88 Å². The molecule has 0 spiro atoms. The Morgan fingerprint density at radius 1 is 1.32 bits per heavy atom. The minimum Gasteiger partial charge on any atom is -0.478 e. The van der Waals surface area contributed by atoms with Crippen molar-refractivity contribution < 1.29 is 4.74 Å². The molecule has 0 amide bonds. The summed E-state index contributed by atoms with van der Waals surface area (Å²) >= 11 is 0. The first-order valence-corrected chi connectivity index (χ1v) is 7.38. The quantitative estimate of drug-likeness (QED) is 0.856. The number of likely N-dealkylation sites (tertiary alicyclic amines) is 1. The van der Waals surface area contributed by atoms with Gasteiger partial charge in [0, 0.05) is 12.6 Å². The average Bonchev–Trinajstić information content (AvgIpc) is 2.46. The number of piperidine rings is 1. The van der Waals surface area contributed by atoms with Crippen molar-refractivity contribution in [2.24, 2.45) is 5.92 Å². The summed E-state index contributed by atoms with van der Waals surface area (Å²) in [5, 5.41) is 3.44. The van der Waals surface area contributed by atoms with Crippen LogP contribution < -0.4 is 10.1 Å². The molecule has 1 aliphatic heterocycles. The molecule has 2 rings (SSSR count). The SMILES string of the molecule is CCOc1cccc(NCC2CCN(CC)CC2)n1. The number of aromatic nitrogens is 1. The molecule has 4 heteroatoms. The van der Waals surface area contributed by atoms with Crippen molar-refractivity contribution in [2.45, 2.75) is 26.7 Å². The second-order valence-electron chi connectivity index (χ2n) is 5.05. The van der Waals surface area contributed by atoms with Crippen molar-refractivity contribution in [1.82, 2.24) is 9.88 Å². The molecule has 0 radical (unpaired) electrons. The van der Waals surface area contributed by atoms with Gasteiger partial charge in [0.2, 0.25) is 5.88 Å². The predicted molar refractivity (Wildman–Crippen MR) is 78.7 cm³/mol. The molecule has 1 aromatic heterocycles. The molecule has 0 bridgehead atoms. The fourth-order valence-corrected chi connectivity index (χ4v) is 2.50. The van der Waals surface area contributed by atoms with Crippen molar-refractivity contribution in [3.8, 4) is 5.88 Å². The highest BCUT2D eigenvalue weighted by Crippen LogP contribution is 2.18. The lowest BCUT2D eigenvalue weighted by Gasteiger charge is -2.31. The van der Waals surface area contributed by atoms with E-state index in [9.17, 15) is 0 Å². The van der Waals surface area contributed by atoms with Crippen molar-refractivity contribution in [2.75, 3.05) is 38.1 Å². The standard InChI is InChI=1S/C15H25N3O/c1-3-18-10-8-13(9-11-18)12-16-14-6-5-7-15(17-14)19-4-2/h5-7,13H,3-4,8-12H2,1-2H3,(H,16,17). The first-order valence-electron chi connectivity index (χ1n) is 7.38. The molecular weight excluding hydrogens is 238 g/mol. The Labute approximate surface area is 116 Å². The summed E-state index contributed by atoms with van der Waals surface area (Å²) in [6.45, 7) is 9.53. The molecule has 106 valence electrons. The highest BCUT2D eigenvalue weighted by Gasteiger charge is 2.17. The lowest BCUT2D eigenvalue weighted by atomic mass is 9.97. The lowest BCUT2D eigenvalue weighted by molar-refractivity contribution is 0.198. The fraction of sp³-hybridized carbons (Fsp3) is 0.667. The maximum absolute atomic E-state index is 5.41. The number of anilines is 1. The van der Waals surface area contributed by atoms with Crippen LogP contribution in [-0.2, 0) is 0 Å². The maximum atomic E-state index is 5.41. The van der Waals surface area contributed by atoms with Crippen LogP contribution in [0.2, 0.25) is 0 Å². The Balaban J connectivity index is 1.77. The zero-order chi connectivity index (χ0) is 13.5. The van der Waals surface area contributed by atoms with Crippen LogP contribution in [0.4, 0.5) is 5.82 Å². The van der Waals surface area contributed by atoms with Gasteiger partial charge in [0.05, 0.1) is 6.61 Å². The average molecular weight is 263 g/mol. The number of rotatable bonds is 6. The van der Waals surface area contributed by atoms with E-state index < -0.39 is 0 Å². The van der Waals surface area contributed by atoms with Crippen LogP contribution in [0, 0.1) is 5.92 Å². The summed E-state index contributed by atoms with van der Waals surface area (Å²) in [6.07, 6.45) is 2.57. The highest BCUT2D eigenvalue weighted by molar-refractivity contribution is 5.37. The number of hydrogen-bond donors (Lipinski definition) is 1. The summed E-state index contributed by atoms with van der Waals surface area (Å²) in [5.41, 5.74) is 0. The highest BCUT2D eigenvalue weighted by atomic mass is 16.5. The van der Waals surface area contributed by atoms with Crippen LogP contribution in [0.1, 0.15) is 26.7 Å². The van der Waals surface area contributed by atoms with E-state index in [-0.39, 0.29) is 0 Å². The third-order valence-corrected chi connectivity index (χ3v) is 3.74. The molecule has 19 heavy (non-hydrogen) atoms. The first-order chi connectivity index (χ1) is 9.31. The zero-order valence-corrected chi connectivity index (χ0v) is 12.1. The van der Waals surface area contributed by atoms with E-state index in [0.29, 0.717) is 12.5 Å². The number of ether oxygens (including phenoxy) is 1. The van der Waals surface area contributed by atoms with Gasteiger partial charge < -0.3 is 15.0 Å². The van der Waals surface area contributed by atoms with Crippen LogP contribution in [0.25, 0.3) is 0 Å². The van der Waals surface area contributed by atoms with Gasteiger partial charge in [0.25, 0.3) is 0 Å². The molecule has 0 atom stereocenters. The summed E-state index contributed by atoms with van der Waals surface area (Å²) < 4.78 is 5.41. The zero-order valence-electron chi connectivity index (χ0n) is 12.1. The van der Waals surface area contributed by atoms with Gasteiger partial charge >= 0.3 is 0 Å². The molecule has 1 N–H and O–H groups in total. The molecule has 1 saturated heterocycles. The number of nitrogens with one attached hydrogen (secondary N) is 1. The van der Waals surface area contributed by atoms with Crippen molar-refractivity contribution >= 4 is 5.82 Å². The van der Waals surface area contributed by atoms with E-state index in [1.165, 1.54) is 32.5 Å². The van der Waals surface area contributed by atoms with Gasteiger partial charge in [-0.15, -0.1) is 0 Å². The van der Waals surface area contributed by atoms with Crippen molar-refractivity contribution in [3.63, 3.8) is 0 Å². The van der Waals surface area contributed by atoms with Gasteiger partial charge in [-0.05, 0) is 51.4 Å². The van der Waals surface area contributed by atoms with Crippen LogP contribution >= 0.6 is 0 Å². The molecule has 0 aliphatic carbocycles. The predicted octanol–water partition coefficient (Wildman–Crippen LogP) is 2.62. The first kappa shape index (κ1) is 14.1. The summed E-state index contributed by atoms with van der Waals surface area (Å²) in [7, 11) is 0. The van der Waals surface area contributed by atoms with E-state index in [0.717, 1.165) is 18.3 Å².